The summed E-state index contributed by atoms with van der Waals surface area (Å²) in [5.41, 5.74) is -0.849. The molecule has 2 rings (SSSR count). The van der Waals surface area contributed by atoms with E-state index in [9.17, 15) is 5.11 Å². The number of aliphatic imine (C=N–C) groups is 1. The summed E-state index contributed by atoms with van der Waals surface area (Å²) in [5.74, 6) is 1.82. The van der Waals surface area contributed by atoms with Crippen LogP contribution < -0.4 is 10.6 Å². The van der Waals surface area contributed by atoms with E-state index in [2.05, 4.69) is 30.1 Å². The number of hydrogen-bond donors (Lipinski definition) is 3. The number of aryl methyl sites for hydroxylation is 2. The fourth-order valence-corrected chi connectivity index (χ4v) is 3.14. The molecule has 0 aromatic carbocycles. The van der Waals surface area contributed by atoms with Gasteiger partial charge in [0, 0.05) is 51.7 Å². The minimum Gasteiger partial charge on any atom is -0.387 e. The van der Waals surface area contributed by atoms with Crippen LogP contribution in [0.15, 0.2) is 17.4 Å². The van der Waals surface area contributed by atoms with Crippen LogP contribution in [0.2, 0.25) is 0 Å². The van der Waals surface area contributed by atoms with Crippen molar-refractivity contribution in [2.45, 2.75) is 45.8 Å². The van der Waals surface area contributed by atoms with Gasteiger partial charge in [0.2, 0.25) is 0 Å². The van der Waals surface area contributed by atoms with Gasteiger partial charge >= 0.3 is 0 Å². The van der Waals surface area contributed by atoms with Gasteiger partial charge in [0.25, 0.3) is 0 Å². The third kappa shape index (κ3) is 8.28. The SMILES string of the molecule is CCNC(=NCC(C)(O)CN1CCOCC1)NCCCCn1ccnc1C. The molecule has 0 bridgehead atoms. The van der Waals surface area contributed by atoms with Crippen LogP contribution >= 0.6 is 0 Å². The molecule has 1 saturated heterocycles. The van der Waals surface area contributed by atoms with E-state index in [-0.39, 0.29) is 0 Å². The van der Waals surface area contributed by atoms with E-state index in [4.69, 9.17) is 4.74 Å². The first kappa shape index (κ1) is 21.7. The van der Waals surface area contributed by atoms with E-state index in [1.54, 1.807) is 0 Å². The third-order valence-corrected chi connectivity index (χ3v) is 4.63. The highest BCUT2D eigenvalue weighted by atomic mass is 16.5. The smallest absolute Gasteiger partial charge is 0.191 e. The fourth-order valence-electron chi connectivity index (χ4n) is 3.14. The first-order valence-electron chi connectivity index (χ1n) is 10.0. The average Bonchev–Trinajstić information content (AvgIpc) is 3.05. The molecule has 8 heteroatoms. The molecule has 0 saturated carbocycles. The van der Waals surface area contributed by atoms with Crippen molar-refractivity contribution in [1.82, 2.24) is 25.1 Å². The lowest BCUT2D eigenvalue weighted by Crippen LogP contribution is -2.48. The Morgan fingerprint density at radius 2 is 2.11 bits per heavy atom. The van der Waals surface area contributed by atoms with E-state index in [1.165, 1.54) is 0 Å². The van der Waals surface area contributed by atoms with Gasteiger partial charge in [0.15, 0.2) is 5.96 Å². The van der Waals surface area contributed by atoms with Crippen LogP contribution in [0.25, 0.3) is 0 Å². The first-order valence-corrected chi connectivity index (χ1v) is 10.0. The molecule has 1 aromatic heterocycles. The molecule has 1 aliphatic rings. The molecule has 3 N–H and O–H groups in total. The molecule has 1 fully saturated rings. The van der Waals surface area contributed by atoms with Gasteiger partial charge in [-0.05, 0) is 33.6 Å². The first-order chi connectivity index (χ1) is 13.0. The number of guanidine groups is 1. The van der Waals surface area contributed by atoms with Crippen molar-refractivity contribution in [1.29, 1.82) is 0 Å². The standard InChI is InChI=1S/C19H36N6O2/c1-4-20-18(22-7-5-6-9-25-10-8-21-17(25)2)23-15-19(3,26)16-24-11-13-27-14-12-24/h8,10,26H,4-7,9,11-16H2,1-3H3,(H2,20,22,23). The normalized spacial score (nSPS) is 18.3. The average molecular weight is 381 g/mol. The van der Waals surface area contributed by atoms with E-state index >= 15 is 0 Å². The summed E-state index contributed by atoms with van der Waals surface area (Å²) in [4.78, 5) is 11.1. The molecule has 27 heavy (non-hydrogen) atoms. The molecule has 0 aliphatic carbocycles. The quantitative estimate of drug-likeness (QED) is 0.313. The maximum Gasteiger partial charge on any atom is 0.191 e. The minimum absolute atomic E-state index is 0.369. The minimum atomic E-state index is -0.849. The zero-order chi connectivity index (χ0) is 19.5. The summed E-state index contributed by atoms with van der Waals surface area (Å²) in [6.45, 7) is 12.8. The number of rotatable bonds is 10. The highest BCUT2D eigenvalue weighted by molar-refractivity contribution is 5.79. The van der Waals surface area contributed by atoms with Crippen LogP contribution in [0.5, 0.6) is 0 Å². The van der Waals surface area contributed by atoms with Crippen molar-refractivity contribution in [2.75, 3.05) is 52.5 Å². The molecule has 1 aromatic rings. The van der Waals surface area contributed by atoms with Gasteiger partial charge in [-0.1, -0.05) is 0 Å². The van der Waals surface area contributed by atoms with E-state index in [0.29, 0.717) is 13.1 Å². The molecule has 0 amide bonds. The monoisotopic (exact) mass is 380 g/mol. The van der Waals surface area contributed by atoms with Gasteiger partial charge in [0.05, 0.1) is 25.4 Å². The number of β-amino-alcohol motifs (C(OH)–C–C–N with tert-alkyl or cyclic N) is 1. The van der Waals surface area contributed by atoms with Crippen molar-refractivity contribution >= 4 is 5.96 Å². The number of aliphatic hydroxyl groups is 1. The zero-order valence-corrected chi connectivity index (χ0v) is 17.1. The van der Waals surface area contributed by atoms with Crippen molar-refractivity contribution in [3.8, 4) is 0 Å². The number of aromatic nitrogens is 2. The second-order valence-electron chi connectivity index (χ2n) is 7.38. The van der Waals surface area contributed by atoms with Crippen LogP contribution in [0, 0.1) is 6.92 Å². The van der Waals surface area contributed by atoms with Crippen LogP contribution in [0.1, 0.15) is 32.5 Å². The van der Waals surface area contributed by atoms with Crippen molar-refractivity contribution < 1.29 is 9.84 Å². The lowest BCUT2D eigenvalue weighted by atomic mass is 10.1. The van der Waals surface area contributed by atoms with Gasteiger partial charge in [0.1, 0.15) is 5.82 Å². The summed E-state index contributed by atoms with van der Waals surface area (Å²) in [5, 5.41) is 17.3. The number of unbranched alkanes of at least 4 members (excludes halogenated alkanes) is 1. The number of hydrogen-bond acceptors (Lipinski definition) is 5. The maximum absolute atomic E-state index is 10.7. The van der Waals surface area contributed by atoms with Crippen molar-refractivity contribution in [3.63, 3.8) is 0 Å². The highest BCUT2D eigenvalue weighted by Crippen LogP contribution is 2.09. The predicted molar refractivity (Wildman–Crippen MR) is 108 cm³/mol. The summed E-state index contributed by atoms with van der Waals surface area (Å²) >= 11 is 0. The maximum atomic E-state index is 10.7. The molecule has 1 aliphatic heterocycles. The largest absolute Gasteiger partial charge is 0.387 e. The molecule has 154 valence electrons. The molecule has 1 unspecified atom stereocenters. The molecule has 8 nitrogen and oxygen atoms in total. The van der Waals surface area contributed by atoms with Crippen molar-refractivity contribution in [3.05, 3.63) is 18.2 Å². The van der Waals surface area contributed by atoms with Crippen LogP contribution in [0.4, 0.5) is 0 Å². The topological polar surface area (TPSA) is 86.9 Å². The van der Waals surface area contributed by atoms with E-state index < -0.39 is 5.60 Å². The van der Waals surface area contributed by atoms with Gasteiger partial charge < -0.3 is 25.0 Å². The Hall–Kier alpha value is -1.64. The van der Waals surface area contributed by atoms with Gasteiger partial charge in [-0.25, -0.2) is 4.98 Å². The second kappa shape index (κ2) is 11.3. The Morgan fingerprint density at radius 3 is 2.78 bits per heavy atom. The number of ether oxygens (including phenoxy) is 1. The predicted octanol–water partition coefficient (Wildman–Crippen LogP) is 0.610. The number of imidazole rings is 1. The lowest BCUT2D eigenvalue weighted by Gasteiger charge is -2.33. The Morgan fingerprint density at radius 1 is 1.33 bits per heavy atom. The molecule has 0 spiro atoms. The van der Waals surface area contributed by atoms with Crippen LogP contribution in [-0.2, 0) is 11.3 Å². The number of nitrogens with zero attached hydrogens (tertiary/aromatic N) is 4. The van der Waals surface area contributed by atoms with Gasteiger partial charge in [-0.3, -0.25) is 9.89 Å². The van der Waals surface area contributed by atoms with Gasteiger partial charge in [-0.15, -0.1) is 0 Å². The third-order valence-electron chi connectivity index (χ3n) is 4.63. The molecular weight excluding hydrogens is 344 g/mol. The lowest BCUT2D eigenvalue weighted by molar-refractivity contribution is -0.0179. The highest BCUT2D eigenvalue weighted by Gasteiger charge is 2.25. The number of morpholine rings is 1. The molecular formula is C19H36N6O2. The summed E-state index contributed by atoms with van der Waals surface area (Å²) in [6, 6.07) is 0. The van der Waals surface area contributed by atoms with Gasteiger partial charge in [-0.2, -0.15) is 0 Å². The Labute approximate surface area is 163 Å². The number of nitrogens with one attached hydrogen (secondary N) is 2. The van der Waals surface area contributed by atoms with Crippen LogP contribution in [0.3, 0.4) is 0 Å². The Balaban J connectivity index is 1.71. The van der Waals surface area contributed by atoms with Crippen molar-refractivity contribution in [2.24, 2.45) is 4.99 Å². The Bertz CT molecular complexity index is 566. The Kier molecular flexibility index (Phi) is 9.03. The molecule has 2 heterocycles. The fraction of sp³-hybridized carbons (Fsp3) is 0.789. The molecule has 0 radical (unpaired) electrons. The zero-order valence-electron chi connectivity index (χ0n) is 17.1. The van der Waals surface area contributed by atoms with E-state index in [0.717, 1.165) is 70.6 Å². The van der Waals surface area contributed by atoms with Crippen LogP contribution in [-0.4, -0.2) is 83.6 Å². The molecule has 1 atom stereocenters. The summed E-state index contributed by atoms with van der Waals surface area (Å²) in [7, 11) is 0. The van der Waals surface area contributed by atoms with E-state index in [1.807, 2.05) is 33.2 Å². The second-order valence-corrected chi connectivity index (χ2v) is 7.38. The summed E-state index contributed by atoms with van der Waals surface area (Å²) in [6.07, 6.45) is 5.99. The summed E-state index contributed by atoms with van der Waals surface area (Å²) < 4.78 is 7.53.